The fourth-order valence-electron chi connectivity index (χ4n) is 2.60. The smallest absolute Gasteiger partial charge is 0.279 e. The summed E-state index contributed by atoms with van der Waals surface area (Å²) in [4.78, 5) is 13.4. The van der Waals surface area contributed by atoms with Crippen LogP contribution in [0.15, 0.2) is 18.2 Å². The molecular weight excluding hydrogens is 236 g/mol. The van der Waals surface area contributed by atoms with Gasteiger partial charge >= 0.3 is 0 Å². The standard InChI is InChI=1S/C16H24N2O/c1-12-6-8-18(9-7-12)11-16(19)17-15-5-4-13(2)14(3)10-15/h4-5,10,12H,6-9,11H2,1-3H3,(H,17,19)/p+1. The molecule has 3 nitrogen and oxygen atoms in total. The number of piperidine rings is 1. The van der Waals surface area contributed by atoms with E-state index < -0.39 is 0 Å². The largest absolute Gasteiger partial charge is 0.327 e. The number of likely N-dealkylation sites (tertiary alicyclic amines) is 1. The average molecular weight is 261 g/mol. The van der Waals surface area contributed by atoms with Gasteiger partial charge in [-0.2, -0.15) is 0 Å². The highest BCUT2D eigenvalue weighted by molar-refractivity contribution is 5.91. The van der Waals surface area contributed by atoms with Crippen molar-refractivity contribution in [2.24, 2.45) is 5.92 Å². The Bertz CT molecular complexity index is 448. The second kappa shape index (κ2) is 6.20. The number of nitrogens with one attached hydrogen (secondary N) is 2. The summed E-state index contributed by atoms with van der Waals surface area (Å²) in [6.07, 6.45) is 2.48. The molecule has 1 heterocycles. The monoisotopic (exact) mass is 261 g/mol. The van der Waals surface area contributed by atoms with Crippen LogP contribution in [0.1, 0.15) is 30.9 Å². The summed E-state index contributed by atoms with van der Waals surface area (Å²) in [6, 6.07) is 6.08. The lowest BCUT2D eigenvalue weighted by Gasteiger charge is -2.26. The number of amides is 1. The molecule has 1 aliphatic heterocycles. The molecule has 0 unspecified atom stereocenters. The van der Waals surface area contributed by atoms with Gasteiger partial charge in [0.2, 0.25) is 0 Å². The van der Waals surface area contributed by atoms with Gasteiger partial charge in [0.05, 0.1) is 13.1 Å². The van der Waals surface area contributed by atoms with Crippen LogP contribution in [0.2, 0.25) is 0 Å². The minimum atomic E-state index is 0.132. The van der Waals surface area contributed by atoms with E-state index in [1.165, 1.54) is 28.9 Å². The second-order valence-electron chi connectivity index (χ2n) is 5.96. The Hall–Kier alpha value is -1.35. The normalized spacial score (nSPS) is 23.1. The molecule has 0 aliphatic carbocycles. The van der Waals surface area contributed by atoms with E-state index >= 15 is 0 Å². The number of carbonyl (C=O) groups is 1. The molecule has 0 saturated carbocycles. The van der Waals surface area contributed by atoms with Gasteiger partial charge in [0.15, 0.2) is 6.54 Å². The maximum Gasteiger partial charge on any atom is 0.279 e. The number of hydrogen-bond donors (Lipinski definition) is 2. The number of hydrogen-bond acceptors (Lipinski definition) is 1. The van der Waals surface area contributed by atoms with Gasteiger partial charge in [-0.05, 0) is 55.9 Å². The van der Waals surface area contributed by atoms with Crippen molar-refractivity contribution in [2.75, 3.05) is 25.0 Å². The second-order valence-corrected chi connectivity index (χ2v) is 5.96. The van der Waals surface area contributed by atoms with Crippen molar-refractivity contribution in [1.29, 1.82) is 0 Å². The van der Waals surface area contributed by atoms with E-state index in [1.807, 2.05) is 12.1 Å². The first-order chi connectivity index (χ1) is 9.04. The molecule has 1 aromatic rings. The van der Waals surface area contributed by atoms with Crippen LogP contribution in [-0.2, 0) is 4.79 Å². The number of anilines is 1. The molecule has 1 aromatic carbocycles. The van der Waals surface area contributed by atoms with Crippen LogP contribution in [0.4, 0.5) is 5.69 Å². The van der Waals surface area contributed by atoms with Crippen LogP contribution < -0.4 is 10.2 Å². The highest BCUT2D eigenvalue weighted by Crippen LogP contribution is 2.13. The van der Waals surface area contributed by atoms with E-state index in [4.69, 9.17) is 0 Å². The maximum atomic E-state index is 12.0. The molecule has 2 rings (SSSR count). The maximum absolute atomic E-state index is 12.0. The van der Waals surface area contributed by atoms with E-state index in [-0.39, 0.29) is 5.91 Å². The Morgan fingerprint density at radius 1 is 1.26 bits per heavy atom. The third-order valence-corrected chi connectivity index (χ3v) is 4.18. The Balaban J connectivity index is 1.85. The zero-order chi connectivity index (χ0) is 13.8. The Morgan fingerprint density at radius 2 is 1.95 bits per heavy atom. The predicted octanol–water partition coefficient (Wildman–Crippen LogP) is 1.56. The van der Waals surface area contributed by atoms with E-state index in [1.54, 1.807) is 0 Å². The third-order valence-electron chi connectivity index (χ3n) is 4.18. The molecule has 19 heavy (non-hydrogen) atoms. The molecule has 3 heteroatoms. The number of aryl methyl sites for hydroxylation is 2. The zero-order valence-electron chi connectivity index (χ0n) is 12.3. The molecule has 1 fully saturated rings. The summed E-state index contributed by atoms with van der Waals surface area (Å²) in [5.41, 5.74) is 3.39. The molecule has 2 N–H and O–H groups in total. The number of benzene rings is 1. The summed E-state index contributed by atoms with van der Waals surface area (Å²) < 4.78 is 0. The van der Waals surface area contributed by atoms with Crippen molar-refractivity contribution in [1.82, 2.24) is 0 Å². The number of quaternary nitrogens is 1. The van der Waals surface area contributed by atoms with Gasteiger partial charge in [0.1, 0.15) is 0 Å². The Morgan fingerprint density at radius 3 is 2.58 bits per heavy atom. The van der Waals surface area contributed by atoms with Crippen molar-refractivity contribution in [3.05, 3.63) is 29.3 Å². The highest BCUT2D eigenvalue weighted by Gasteiger charge is 2.21. The quantitative estimate of drug-likeness (QED) is 0.850. The van der Waals surface area contributed by atoms with Crippen molar-refractivity contribution in [3.8, 4) is 0 Å². The van der Waals surface area contributed by atoms with Crippen LogP contribution in [0.25, 0.3) is 0 Å². The zero-order valence-corrected chi connectivity index (χ0v) is 12.3. The van der Waals surface area contributed by atoms with Crippen LogP contribution >= 0.6 is 0 Å². The summed E-state index contributed by atoms with van der Waals surface area (Å²) in [7, 11) is 0. The summed E-state index contributed by atoms with van der Waals surface area (Å²) in [5.74, 6) is 0.958. The summed E-state index contributed by atoms with van der Waals surface area (Å²) in [6.45, 7) is 9.30. The third kappa shape index (κ3) is 4.06. The molecule has 0 bridgehead atoms. The minimum Gasteiger partial charge on any atom is -0.327 e. The molecule has 104 valence electrons. The topological polar surface area (TPSA) is 33.5 Å². The van der Waals surface area contributed by atoms with Crippen LogP contribution in [0, 0.1) is 19.8 Å². The van der Waals surface area contributed by atoms with Crippen molar-refractivity contribution >= 4 is 11.6 Å². The van der Waals surface area contributed by atoms with Gasteiger partial charge in [0, 0.05) is 5.69 Å². The molecular formula is C16H25N2O+. The van der Waals surface area contributed by atoms with Gasteiger partial charge < -0.3 is 10.2 Å². The predicted molar refractivity (Wildman–Crippen MR) is 78.5 cm³/mol. The lowest BCUT2D eigenvalue weighted by Crippen LogP contribution is -3.14. The number of carbonyl (C=O) groups excluding carboxylic acids is 1. The van der Waals surface area contributed by atoms with Crippen molar-refractivity contribution < 1.29 is 9.69 Å². The first-order valence-corrected chi connectivity index (χ1v) is 7.25. The van der Waals surface area contributed by atoms with Gasteiger partial charge in [-0.15, -0.1) is 0 Å². The van der Waals surface area contributed by atoms with Gasteiger partial charge in [0.25, 0.3) is 5.91 Å². The van der Waals surface area contributed by atoms with Crippen LogP contribution in [-0.4, -0.2) is 25.5 Å². The summed E-state index contributed by atoms with van der Waals surface area (Å²) in [5, 5.41) is 3.01. The fraction of sp³-hybridized carbons (Fsp3) is 0.562. The van der Waals surface area contributed by atoms with Crippen molar-refractivity contribution in [3.63, 3.8) is 0 Å². The van der Waals surface area contributed by atoms with Crippen molar-refractivity contribution in [2.45, 2.75) is 33.6 Å². The first kappa shape index (κ1) is 14.1. The van der Waals surface area contributed by atoms with Gasteiger partial charge in [-0.1, -0.05) is 13.0 Å². The lowest BCUT2D eigenvalue weighted by atomic mass is 9.99. The molecule has 1 amide bonds. The Labute approximate surface area is 116 Å². The van der Waals surface area contributed by atoms with E-state index in [0.717, 1.165) is 24.7 Å². The molecule has 0 aromatic heterocycles. The number of rotatable bonds is 3. The minimum absolute atomic E-state index is 0.132. The SMILES string of the molecule is Cc1ccc(NC(=O)C[NH+]2CCC(C)CC2)cc1C. The van der Waals surface area contributed by atoms with E-state index in [2.05, 4.69) is 32.2 Å². The van der Waals surface area contributed by atoms with E-state index in [9.17, 15) is 4.79 Å². The molecule has 0 atom stereocenters. The Kier molecular flexibility index (Phi) is 4.59. The van der Waals surface area contributed by atoms with Crippen LogP contribution in [0.3, 0.4) is 0 Å². The molecule has 0 radical (unpaired) electrons. The molecule has 1 aliphatic rings. The van der Waals surface area contributed by atoms with E-state index in [0.29, 0.717) is 6.54 Å². The average Bonchev–Trinajstić information content (AvgIpc) is 2.37. The lowest BCUT2D eigenvalue weighted by molar-refractivity contribution is -0.897. The van der Waals surface area contributed by atoms with Gasteiger partial charge in [-0.3, -0.25) is 4.79 Å². The van der Waals surface area contributed by atoms with Gasteiger partial charge in [-0.25, -0.2) is 0 Å². The molecule has 1 saturated heterocycles. The van der Waals surface area contributed by atoms with Crippen LogP contribution in [0.5, 0.6) is 0 Å². The fourth-order valence-corrected chi connectivity index (χ4v) is 2.60. The molecule has 0 spiro atoms. The summed E-state index contributed by atoms with van der Waals surface area (Å²) >= 11 is 0. The first-order valence-electron chi connectivity index (χ1n) is 7.25. The highest BCUT2D eigenvalue weighted by atomic mass is 16.2.